The number of nitrogens with one attached hydrogen (secondary N) is 1. The molecule has 21 heavy (non-hydrogen) atoms. The summed E-state index contributed by atoms with van der Waals surface area (Å²) in [5.74, 6) is 0. The van der Waals surface area contributed by atoms with Gasteiger partial charge in [-0.15, -0.1) is 0 Å². The van der Waals surface area contributed by atoms with Crippen LogP contribution in [0.4, 0.5) is 4.79 Å². The third-order valence-electron chi connectivity index (χ3n) is 4.00. The second-order valence-corrected chi connectivity index (χ2v) is 5.65. The minimum atomic E-state index is 0.0561. The summed E-state index contributed by atoms with van der Waals surface area (Å²) in [6.07, 6.45) is 3.45. The van der Waals surface area contributed by atoms with Crippen molar-refractivity contribution >= 4 is 6.03 Å². The number of carbonyl (C=O) groups excluding carboxylic acids is 1. The van der Waals surface area contributed by atoms with E-state index >= 15 is 0 Å². The summed E-state index contributed by atoms with van der Waals surface area (Å²) >= 11 is 0. The molecule has 4 nitrogen and oxygen atoms in total. The van der Waals surface area contributed by atoms with E-state index in [2.05, 4.69) is 24.4 Å². The van der Waals surface area contributed by atoms with Crippen LogP contribution < -0.4 is 5.32 Å². The van der Waals surface area contributed by atoms with Crippen LogP contribution in [0.1, 0.15) is 44.2 Å². The molecule has 1 heterocycles. The first-order valence-corrected chi connectivity index (χ1v) is 7.90. The van der Waals surface area contributed by atoms with E-state index in [-0.39, 0.29) is 6.03 Å². The van der Waals surface area contributed by atoms with Crippen LogP contribution in [0, 0.1) is 0 Å². The van der Waals surface area contributed by atoms with Crippen LogP contribution in [-0.4, -0.2) is 30.1 Å². The van der Waals surface area contributed by atoms with E-state index in [1.165, 1.54) is 6.42 Å². The van der Waals surface area contributed by atoms with E-state index in [9.17, 15) is 4.79 Å². The average molecular weight is 290 g/mol. The quantitative estimate of drug-likeness (QED) is 0.904. The van der Waals surface area contributed by atoms with E-state index in [1.54, 1.807) is 0 Å². The standard InChI is InChI=1S/C17H26N2O2/c1-3-21-13-16-9-7-15(8-10-16)12-18-17(20)19-11-5-4-6-14(19)2/h7-10,14H,3-6,11-13H2,1-2H3,(H,18,20). The highest BCUT2D eigenvalue weighted by atomic mass is 16.5. The van der Waals surface area contributed by atoms with Gasteiger partial charge in [-0.2, -0.15) is 0 Å². The van der Waals surface area contributed by atoms with Gasteiger partial charge in [-0.05, 0) is 44.2 Å². The van der Waals surface area contributed by atoms with Crippen LogP contribution in [0.2, 0.25) is 0 Å². The van der Waals surface area contributed by atoms with Crippen LogP contribution in [0.15, 0.2) is 24.3 Å². The molecule has 1 aromatic rings. The highest BCUT2D eigenvalue weighted by molar-refractivity contribution is 5.74. The Morgan fingerprint density at radius 1 is 1.29 bits per heavy atom. The lowest BCUT2D eigenvalue weighted by molar-refractivity contribution is 0.134. The fraction of sp³-hybridized carbons (Fsp3) is 0.588. The number of benzene rings is 1. The molecule has 0 bridgehead atoms. The average Bonchev–Trinajstić information content (AvgIpc) is 2.52. The van der Waals surface area contributed by atoms with Gasteiger partial charge in [0.2, 0.25) is 0 Å². The van der Waals surface area contributed by atoms with Crippen molar-refractivity contribution in [3.63, 3.8) is 0 Å². The zero-order valence-corrected chi connectivity index (χ0v) is 13.1. The predicted octanol–water partition coefficient (Wildman–Crippen LogP) is 3.31. The van der Waals surface area contributed by atoms with Crippen LogP contribution in [-0.2, 0) is 17.9 Å². The molecule has 1 N–H and O–H groups in total. The molecule has 0 aromatic heterocycles. The Bertz CT molecular complexity index is 445. The Balaban J connectivity index is 1.80. The number of rotatable bonds is 5. The van der Waals surface area contributed by atoms with Crippen molar-refractivity contribution in [3.05, 3.63) is 35.4 Å². The van der Waals surface area contributed by atoms with E-state index < -0.39 is 0 Å². The SMILES string of the molecule is CCOCc1ccc(CNC(=O)N2CCCCC2C)cc1. The molecule has 0 radical (unpaired) electrons. The summed E-state index contributed by atoms with van der Waals surface area (Å²) in [6, 6.07) is 8.62. The maximum atomic E-state index is 12.2. The number of amides is 2. The fourth-order valence-corrected chi connectivity index (χ4v) is 2.65. The van der Waals surface area contributed by atoms with E-state index in [0.29, 0.717) is 19.2 Å². The molecule has 0 aliphatic carbocycles. The zero-order valence-electron chi connectivity index (χ0n) is 13.1. The van der Waals surface area contributed by atoms with Crippen molar-refractivity contribution in [1.82, 2.24) is 10.2 Å². The van der Waals surface area contributed by atoms with Crippen LogP contribution >= 0.6 is 0 Å². The molecule has 0 saturated carbocycles. The lowest BCUT2D eigenvalue weighted by Crippen LogP contribution is -2.47. The van der Waals surface area contributed by atoms with Gasteiger partial charge in [-0.25, -0.2) is 4.79 Å². The number of likely N-dealkylation sites (tertiary alicyclic amines) is 1. The number of urea groups is 1. The number of piperidine rings is 1. The maximum Gasteiger partial charge on any atom is 0.317 e. The molecule has 1 aliphatic rings. The lowest BCUT2D eigenvalue weighted by atomic mass is 10.0. The predicted molar refractivity (Wildman–Crippen MR) is 84.0 cm³/mol. The third kappa shape index (κ3) is 4.74. The molecular weight excluding hydrogens is 264 g/mol. The molecule has 1 atom stereocenters. The van der Waals surface area contributed by atoms with Crippen LogP contribution in [0.25, 0.3) is 0 Å². The molecule has 1 aromatic carbocycles. The minimum absolute atomic E-state index is 0.0561. The molecule has 1 unspecified atom stereocenters. The zero-order chi connectivity index (χ0) is 15.1. The van der Waals surface area contributed by atoms with Gasteiger partial charge in [0.25, 0.3) is 0 Å². The Morgan fingerprint density at radius 3 is 2.67 bits per heavy atom. The number of carbonyl (C=O) groups is 1. The number of nitrogens with zero attached hydrogens (tertiary/aromatic N) is 1. The van der Waals surface area contributed by atoms with Crippen LogP contribution in [0.3, 0.4) is 0 Å². The Kier molecular flexibility index (Phi) is 6.05. The lowest BCUT2D eigenvalue weighted by Gasteiger charge is -2.33. The van der Waals surface area contributed by atoms with E-state index in [1.807, 2.05) is 24.0 Å². The molecule has 116 valence electrons. The summed E-state index contributed by atoms with van der Waals surface area (Å²) < 4.78 is 5.37. The smallest absolute Gasteiger partial charge is 0.317 e. The fourth-order valence-electron chi connectivity index (χ4n) is 2.65. The summed E-state index contributed by atoms with van der Waals surface area (Å²) in [5, 5.41) is 3.02. The van der Waals surface area contributed by atoms with Gasteiger partial charge in [0, 0.05) is 25.7 Å². The van der Waals surface area contributed by atoms with Crippen molar-refractivity contribution in [2.24, 2.45) is 0 Å². The summed E-state index contributed by atoms with van der Waals surface area (Å²) in [6.45, 7) is 6.95. The van der Waals surface area contributed by atoms with Crippen molar-refractivity contribution in [1.29, 1.82) is 0 Å². The summed E-state index contributed by atoms with van der Waals surface area (Å²) in [5.41, 5.74) is 2.28. The number of ether oxygens (including phenoxy) is 1. The molecule has 1 aliphatic heterocycles. The van der Waals surface area contributed by atoms with Gasteiger partial charge < -0.3 is 15.0 Å². The van der Waals surface area contributed by atoms with Crippen LogP contribution in [0.5, 0.6) is 0 Å². The third-order valence-corrected chi connectivity index (χ3v) is 4.00. The number of hydrogen-bond donors (Lipinski definition) is 1. The van der Waals surface area contributed by atoms with Crippen molar-refractivity contribution in [3.8, 4) is 0 Å². The molecule has 0 spiro atoms. The van der Waals surface area contributed by atoms with Gasteiger partial charge in [-0.1, -0.05) is 24.3 Å². The molecule has 1 saturated heterocycles. The molecule has 1 fully saturated rings. The molecule has 2 amide bonds. The van der Waals surface area contributed by atoms with Gasteiger partial charge in [0.15, 0.2) is 0 Å². The highest BCUT2D eigenvalue weighted by Crippen LogP contribution is 2.16. The second-order valence-electron chi connectivity index (χ2n) is 5.65. The first kappa shape index (κ1) is 15.8. The van der Waals surface area contributed by atoms with Gasteiger partial charge >= 0.3 is 6.03 Å². The second kappa shape index (κ2) is 8.03. The van der Waals surface area contributed by atoms with Crippen molar-refractivity contribution < 1.29 is 9.53 Å². The molecule has 2 rings (SSSR count). The Morgan fingerprint density at radius 2 is 2.00 bits per heavy atom. The monoisotopic (exact) mass is 290 g/mol. The van der Waals surface area contributed by atoms with E-state index in [4.69, 9.17) is 4.74 Å². The highest BCUT2D eigenvalue weighted by Gasteiger charge is 2.22. The minimum Gasteiger partial charge on any atom is -0.377 e. The largest absolute Gasteiger partial charge is 0.377 e. The normalized spacial score (nSPS) is 18.6. The van der Waals surface area contributed by atoms with Gasteiger partial charge in [0.1, 0.15) is 0 Å². The summed E-state index contributed by atoms with van der Waals surface area (Å²) in [4.78, 5) is 14.1. The first-order valence-electron chi connectivity index (χ1n) is 7.90. The van der Waals surface area contributed by atoms with E-state index in [0.717, 1.165) is 37.1 Å². The maximum absolute atomic E-state index is 12.2. The molecular formula is C17H26N2O2. The van der Waals surface area contributed by atoms with Crippen molar-refractivity contribution in [2.75, 3.05) is 13.2 Å². The van der Waals surface area contributed by atoms with Crippen molar-refractivity contribution in [2.45, 2.75) is 52.3 Å². The Hall–Kier alpha value is -1.55. The molecule has 4 heteroatoms. The summed E-state index contributed by atoms with van der Waals surface area (Å²) in [7, 11) is 0. The number of hydrogen-bond acceptors (Lipinski definition) is 2. The Labute approximate surface area is 127 Å². The topological polar surface area (TPSA) is 41.6 Å². The van der Waals surface area contributed by atoms with Gasteiger partial charge in [-0.3, -0.25) is 0 Å². The first-order chi connectivity index (χ1) is 10.2. The van der Waals surface area contributed by atoms with Gasteiger partial charge in [0.05, 0.1) is 6.61 Å².